The van der Waals surface area contributed by atoms with Crippen molar-refractivity contribution in [2.45, 2.75) is 17.8 Å². The van der Waals surface area contributed by atoms with Gasteiger partial charge in [-0.2, -0.15) is 0 Å². The Hall–Kier alpha value is -1.29. The topological polar surface area (TPSA) is 56.7 Å². The van der Waals surface area contributed by atoms with Crippen molar-refractivity contribution >= 4 is 23.1 Å². The maximum atomic E-state index is 5.39. The summed E-state index contributed by atoms with van der Waals surface area (Å²) in [4.78, 5) is 1.25. The van der Waals surface area contributed by atoms with Gasteiger partial charge in [-0.05, 0) is 18.4 Å². The lowest BCUT2D eigenvalue weighted by atomic mass is 10.3. The van der Waals surface area contributed by atoms with Crippen LogP contribution in [0.2, 0.25) is 0 Å². The van der Waals surface area contributed by atoms with Crippen molar-refractivity contribution in [1.29, 1.82) is 0 Å². The second-order valence-electron chi connectivity index (χ2n) is 3.64. The van der Waals surface area contributed by atoms with Crippen molar-refractivity contribution in [1.82, 2.24) is 14.8 Å². The van der Waals surface area contributed by atoms with Crippen molar-refractivity contribution in [2.24, 2.45) is 12.8 Å². The molecule has 0 saturated carbocycles. The molecule has 0 fully saturated rings. The van der Waals surface area contributed by atoms with E-state index in [-0.39, 0.29) is 0 Å². The normalized spacial score (nSPS) is 10.2. The van der Waals surface area contributed by atoms with E-state index in [1.54, 1.807) is 23.1 Å². The van der Waals surface area contributed by atoms with Crippen LogP contribution < -0.4 is 5.73 Å². The summed E-state index contributed by atoms with van der Waals surface area (Å²) < 4.78 is 1.99. The summed E-state index contributed by atoms with van der Waals surface area (Å²) in [5.74, 6) is 7.76. The zero-order valence-corrected chi connectivity index (χ0v) is 11.9. The molecule has 0 aliphatic rings. The zero-order chi connectivity index (χ0) is 13.0. The lowest BCUT2D eigenvalue weighted by molar-refractivity contribution is 0.765. The Kier molecular flexibility index (Phi) is 4.42. The van der Waals surface area contributed by atoms with Crippen LogP contribution in [0.4, 0.5) is 0 Å². The Morgan fingerprint density at radius 3 is 3.00 bits per heavy atom. The van der Waals surface area contributed by atoms with E-state index in [1.165, 1.54) is 4.88 Å². The average Bonchev–Trinajstić information content (AvgIpc) is 2.94. The van der Waals surface area contributed by atoms with E-state index in [0.29, 0.717) is 6.54 Å². The highest BCUT2D eigenvalue weighted by Gasteiger charge is 2.08. The highest BCUT2D eigenvalue weighted by atomic mass is 32.2. The number of rotatable bonds is 3. The molecule has 2 rings (SSSR count). The predicted molar refractivity (Wildman–Crippen MR) is 75.6 cm³/mol. The van der Waals surface area contributed by atoms with Crippen LogP contribution in [0.1, 0.15) is 16.3 Å². The molecule has 0 bridgehead atoms. The molecule has 0 atom stereocenters. The van der Waals surface area contributed by atoms with Crippen LogP contribution in [0, 0.1) is 18.8 Å². The number of nitrogens with zero attached hydrogens (tertiary/aromatic N) is 3. The monoisotopic (exact) mass is 278 g/mol. The fourth-order valence-electron chi connectivity index (χ4n) is 1.35. The number of aryl methyl sites for hydroxylation is 1. The SMILES string of the molecule is Cc1nnc(SCc2sccc2C#CCN)n1C. The molecule has 2 heterocycles. The maximum Gasteiger partial charge on any atom is 0.191 e. The molecule has 0 aliphatic carbocycles. The number of hydrogen-bond donors (Lipinski definition) is 1. The fourth-order valence-corrected chi connectivity index (χ4v) is 3.26. The van der Waals surface area contributed by atoms with Crippen LogP contribution >= 0.6 is 23.1 Å². The average molecular weight is 278 g/mol. The van der Waals surface area contributed by atoms with Gasteiger partial charge in [-0.3, -0.25) is 0 Å². The van der Waals surface area contributed by atoms with Gasteiger partial charge in [-0.15, -0.1) is 21.5 Å². The zero-order valence-electron chi connectivity index (χ0n) is 10.3. The molecule has 18 heavy (non-hydrogen) atoms. The quantitative estimate of drug-likeness (QED) is 0.687. The Morgan fingerprint density at radius 1 is 1.50 bits per heavy atom. The first-order valence-corrected chi connectivity index (χ1v) is 7.33. The summed E-state index contributed by atoms with van der Waals surface area (Å²) in [7, 11) is 1.97. The van der Waals surface area contributed by atoms with Crippen LogP contribution in [0.15, 0.2) is 16.6 Å². The van der Waals surface area contributed by atoms with Crippen molar-refractivity contribution in [3.63, 3.8) is 0 Å². The Morgan fingerprint density at radius 2 is 2.33 bits per heavy atom. The highest BCUT2D eigenvalue weighted by Crippen LogP contribution is 2.26. The smallest absolute Gasteiger partial charge is 0.191 e. The van der Waals surface area contributed by atoms with E-state index in [1.807, 2.05) is 24.6 Å². The highest BCUT2D eigenvalue weighted by molar-refractivity contribution is 7.98. The maximum absolute atomic E-state index is 5.39. The fraction of sp³-hybridized carbons (Fsp3) is 0.333. The van der Waals surface area contributed by atoms with E-state index < -0.39 is 0 Å². The molecule has 0 unspecified atom stereocenters. The number of thioether (sulfide) groups is 1. The summed E-state index contributed by atoms with van der Waals surface area (Å²) in [6.07, 6.45) is 0. The van der Waals surface area contributed by atoms with Gasteiger partial charge in [-0.1, -0.05) is 23.6 Å². The minimum Gasteiger partial charge on any atom is -0.320 e. The minimum absolute atomic E-state index is 0.394. The number of thiophene rings is 1. The van der Waals surface area contributed by atoms with Crippen LogP contribution in [0.3, 0.4) is 0 Å². The van der Waals surface area contributed by atoms with E-state index >= 15 is 0 Å². The number of nitrogens with two attached hydrogens (primary N) is 1. The lowest BCUT2D eigenvalue weighted by Gasteiger charge is -2.00. The second kappa shape index (κ2) is 6.05. The van der Waals surface area contributed by atoms with E-state index in [4.69, 9.17) is 5.73 Å². The van der Waals surface area contributed by atoms with Crippen LogP contribution in [-0.4, -0.2) is 21.3 Å². The van der Waals surface area contributed by atoms with Gasteiger partial charge in [-0.25, -0.2) is 0 Å². The summed E-state index contributed by atoms with van der Waals surface area (Å²) in [6, 6.07) is 2.03. The molecule has 6 heteroatoms. The van der Waals surface area contributed by atoms with Gasteiger partial charge in [0.15, 0.2) is 5.16 Å². The molecule has 0 aromatic carbocycles. The molecule has 0 spiro atoms. The molecule has 4 nitrogen and oxygen atoms in total. The molecule has 0 saturated heterocycles. The standard InChI is InChI=1S/C12H14N4S2/c1-9-14-15-12(16(9)2)18-8-11-10(4-3-6-13)5-7-17-11/h5,7H,6,8,13H2,1-2H3. The molecule has 2 N–H and O–H groups in total. The third-order valence-corrected chi connectivity index (χ3v) is 4.61. The van der Waals surface area contributed by atoms with E-state index in [0.717, 1.165) is 22.3 Å². The molecule has 94 valence electrons. The largest absolute Gasteiger partial charge is 0.320 e. The molecule has 0 radical (unpaired) electrons. The summed E-state index contributed by atoms with van der Waals surface area (Å²) >= 11 is 3.38. The number of hydrogen-bond acceptors (Lipinski definition) is 5. The molecule has 0 aliphatic heterocycles. The predicted octanol–water partition coefficient (Wildman–Crippen LogP) is 1.79. The van der Waals surface area contributed by atoms with Gasteiger partial charge in [0.2, 0.25) is 0 Å². The third-order valence-electron chi connectivity index (χ3n) is 2.46. The molecule has 0 amide bonds. The Balaban J connectivity index is 2.07. The van der Waals surface area contributed by atoms with Crippen LogP contribution in [-0.2, 0) is 12.8 Å². The summed E-state index contributed by atoms with van der Waals surface area (Å²) in [5, 5.41) is 11.2. The van der Waals surface area contributed by atoms with E-state index in [9.17, 15) is 0 Å². The van der Waals surface area contributed by atoms with Gasteiger partial charge in [0, 0.05) is 23.2 Å². The Bertz CT molecular complexity index is 589. The summed E-state index contributed by atoms with van der Waals surface area (Å²) in [5.41, 5.74) is 6.45. The number of aromatic nitrogens is 3. The molecular weight excluding hydrogens is 264 g/mol. The first-order chi connectivity index (χ1) is 8.72. The Labute approximate surface area is 115 Å². The molecular formula is C12H14N4S2. The van der Waals surface area contributed by atoms with E-state index in [2.05, 4.69) is 27.4 Å². The van der Waals surface area contributed by atoms with Gasteiger partial charge >= 0.3 is 0 Å². The van der Waals surface area contributed by atoms with Crippen molar-refractivity contribution in [3.05, 3.63) is 27.7 Å². The summed E-state index contributed by atoms with van der Waals surface area (Å²) in [6.45, 7) is 2.34. The first-order valence-electron chi connectivity index (χ1n) is 5.46. The minimum atomic E-state index is 0.394. The van der Waals surface area contributed by atoms with Gasteiger partial charge in [0.25, 0.3) is 0 Å². The van der Waals surface area contributed by atoms with Crippen molar-refractivity contribution in [3.8, 4) is 11.8 Å². The molecule has 2 aromatic rings. The van der Waals surface area contributed by atoms with Crippen LogP contribution in [0.5, 0.6) is 0 Å². The van der Waals surface area contributed by atoms with Crippen LogP contribution in [0.25, 0.3) is 0 Å². The van der Waals surface area contributed by atoms with Gasteiger partial charge < -0.3 is 10.3 Å². The van der Waals surface area contributed by atoms with Gasteiger partial charge in [0.05, 0.1) is 6.54 Å². The second-order valence-corrected chi connectivity index (χ2v) is 5.58. The first kappa shape index (κ1) is 13.1. The lowest BCUT2D eigenvalue weighted by Crippen LogP contribution is -1.94. The third kappa shape index (κ3) is 2.93. The van der Waals surface area contributed by atoms with Gasteiger partial charge in [0.1, 0.15) is 5.82 Å². The molecule has 2 aromatic heterocycles. The van der Waals surface area contributed by atoms with Crippen molar-refractivity contribution in [2.75, 3.05) is 6.54 Å². The van der Waals surface area contributed by atoms with Crippen molar-refractivity contribution < 1.29 is 0 Å².